The van der Waals surface area contributed by atoms with Crippen LogP contribution in [0, 0.1) is 0 Å². The smallest absolute Gasteiger partial charge is 0.462 e. The molecule has 0 aliphatic carbocycles. The van der Waals surface area contributed by atoms with Gasteiger partial charge in [-0.25, -0.2) is 9.13 Å². The predicted octanol–water partition coefficient (Wildman–Crippen LogP) is 20.3. The van der Waals surface area contributed by atoms with Gasteiger partial charge in [0.05, 0.1) is 26.4 Å². The van der Waals surface area contributed by atoms with E-state index in [-0.39, 0.29) is 25.7 Å². The number of ether oxygens (including phenoxy) is 4. The predicted molar refractivity (Wildman–Crippen MR) is 359 cm³/mol. The summed E-state index contributed by atoms with van der Waals surface area (Å²) >= 11 is 0. The summed E-state index contributed by atoms with van der Waals surface area (Å²) in [6, 6.07) is 0. The van der Waals surface area contributed by atoms with Gasteiger partial charge in [-0.05, 0) is 25.7 Å². The summed E-state index contributed by atoms with van der Waals surface area (Å²) in [4.78, 5) is 72.4. The standard InChI is InChI=1S/C70H136O17P2/c1-5-9-13-17-21-24-27-30-32-34-37-39-43-47-51-55-68(73)81-61-66(87-70(75)57-53-49-45-41-38-35-33-31-28-25-22-18-14-10-6-2)63-85-89(78,79)83-59-64(71)58-82-88(76,77)84-62-65(60-80-67(72)54-50-46-42-20-16-12-8-4)86-69(74)56-52-48-44-40-36-29-26-23-19-15-11-7-3/h64-66,71H,5-63H2,1-4H3,(H,76,77)(H,78,79)/t64-,65+,66+/m0/s1. The number of hydrogen-bond donors (Lipinski definition) is 3. The average Bonchev–Trinajstić information content (AvgIpc) is 3.56. The molecule has 0 amide bonds. The number of phosphoric acid groups is 2. The fourth-order valence-electron chi connectivity index (χ4n) is 10.7. The molecule has 0 aromatic carbocycles. The summed E-state index contributed by atoms with van der Waals surface area (Å²) in [5.74, 6) is -2.12. The molecule has 0 aromatic rings. The van der Waals surface area contributed by atoms with Crippen LogP contribution >= 0.6 is 15.6 Å². The number of phosphoric ester groups is 2. The molecule has 19 heteroatoms. The Balaban J connectivity index is 5.20. The minimum Gasteiger partial charge on any atom is -0.462 e. The molecule has 5 atom stereocenters. The monoisotopic (exact) mass is 1310 g/mol. The number of aliphatic hydroxyl groups excluding tert-OH is 1. The summed E-state index contributed by atoms with van der Waals surface area (Å²) in [7, 11) is -9.89. The number of esters is 4. The lowest BCUT2D eigenvalue weighted by molar-refractivity contribution is -0.161. The van der Waals surface area contributed by atoms with E-state index in [4.69, 9.17) is 37.0 Å². The van der Waals surface area contributed by atoms with Crippen LogP contribution in [0.1, 0.15) is 368 Å². The zero-order valence-corrected chi connectivity index (χ0v) is 59.2. The zero-order valence-electron chi connectivity index (χ0n) is 57.4. The second-order valence-electron chi connectivity index (χ2n) is 25.3. The van der Waals surface area contributed by atoms with Gasteiger partial charge in [-0.3, -0.25) is 37.3 Å². The largest absolute Gasteiger partial charge is 0.472 e. The van der Waals surface area contributed by atoms with Crippen LogP contribution in [-0.4, -0.2) is 96.7 Å². The van der Waals surface area contributed by atoms with Gasteiger partial charge in [-0.2, -0.15) is 0 Å². The molecule has 0 radical (unpaired) electrons. The second-order valence-corrected chi connectivity index (χ2v) is 28.2. The highest BCUT2D eigenvalue weighted by atomic mass is 31.2. The van der Waals surface area contributed by atoms with Crippen LogP contribution in [0.5, 0.6) is 0 Å². The van der Waals surface area contributed by atoms with E-state index in [1.165, 1.54) is 186 Å². The Morgan fingerprint density at radius 1 is 0.270 bits per heavy atom. The number of aliphatic hydroxyl groups is 1. The Kier molecular flexibility index (Phi) is 63.3. The van der Waals surface area contributed by atoms with Crippen molar-refractivity contribution in [2.45, 2.75) is 386 Å². The summed E-state index contributed by atoms with van der Waals surface area (Å²) in [5.41, 5.74) is 0. The molecule has 0 saturated heterocycles. The fourth-order valence-corrected chi connectivity index (χ4v) is 12.3. The molecule has 89 heavy (non-hydrogen) atoms. The molecule has 0 fully saturated rings. The van der Waals surface area contributed by atoms with Crippen LogP contribution in [0.2, 0.25) is 0 Å². The molecule has 0 aliphatic heterocycles. The number of hydrogen-bond acceptors (Lipinski definition) is 15. The molecule has 17 nitrogen and oxygen atoms in total. The van der Waals surface area contributed by atoms with E-state index < -0.39 is 97.5 Å². The van der Waals surface area contributed by atoms with Crippen molar-refractivity contribution in [3.05, 3.63) is 0 Å². The van der Waals surface area contributed by atoms with Gasteiger partial charge in [0, 0.05) is 25.7 Å². The van der Waals surface area contributed by atoms with Crippen molar-refractivity contribution in [2.24, 2.45) is 0 Å². The lowest BCUT2D eigenvalue weighted by Crippen LogP contribution is -2.30. The Morgan fingerprint density at radius 2 is 0.449 bits per heavy atom. The number of unbranched alkanes of at least 4 members (excludes halogenated alkanes) is 45. The molecule has 0 bridgehead atoms. The van der Waals surface area contributed by atoms with E-state index in [1.807, 2.05) is 0 Å². The summed E-state index contributed by atoms with van der Waals surface area (Å²) in [5, 5.41) is 10.6. The van der Waals surface area contributed by atoms with Crippen molar-refractivity contribution in [3.63, 3.8) is 0 Å². The zero-order chi connectivity index (χ0) is 65.4. The first-order valence-corrected chi connectivity index (χ1v) is 39.8. The van der Waals surface area contributed by atoms with Gasteiger partial charge in [-0.1, -0.05) is 317 Å². The Bertz CT molecular complexity index is 1710. The van der Waals surface area contributed by atoms with Crippen molar-refractivity contribution in [1.82, 2.24) is 0 Å². The van der Waals surface area contributed by atoms with Crippen LogP contribution in [0.4, 0.5) is 0 Å². The third kappa shape index (κ3) is 64.6. The van der Waals surface area contributed by atoms with Gasteiger partial charge >= 0.3 is 39.5 Å². The van der Waals surface area contributed by atoms with Crippen LogP contribution in [0.3, 0.4) is 0 Å². The first-order chi connectivity index (χ1) is 43.2. The third-order valence-electron chi connectivity index (χ3n) is 16.4. The molecule has 0 spiro atoms. The second kappa shape index (κ2) is 64.8. The Morgan fingerprint density at radius 3 is 0.663 bits per heavy atom. The third-order valence-corrected chi connectivity index (χ3v) is 18.3. The fraction of sp³-hybridized carbons (Fsp3) is 0.943. The highest BCUT2D eigenvalue weighted by Crippen LogP contribution is 2.45. The molecule has 0 heterocycles. The van der Waals surface area contributed by atoms with E-state index in [1.54, 1.807) is 0 Å². The number of carbonyl (C=O) groups excluding carboxylic acids is 4. The van der Waals surface area contributed by atoms with Crippen LogP contribution in [-0.2, 0) is 65.4 Å². The molecule has 0 aliphatic rings. The molecule has 2 unspecified atom stereocenters. The van der Waals surface area contributed by atoms with Gasteiger partial charge in [0.2, 0.25) is 0 Å². The number of rotatable bonds is 71. The summed E-state index contributed by atoms with van der Waals surface area (Å²) in [6.07, 6.45) is 52.7. The minimum absolute atomic E-state index is 0.107. The van der Waals surface area contributed by atoms with Crippen molar-refractivity contribution in [2.75, 3.05) is 39.6 Å². The highest BCUT2D eigenvalue weighted by molar-refractivity contribution is 7.47. The van der Waals surface area contributed by atoms with E-state index in [0.29, 0.717) is 25.7 Å². The van der Waals surface area contributed by atoms with Crippen LogP contribution in [0.15, 0.2) is 0 Å². The van der Waals surface area contributed by atoms with Crippen molar-refractivity contribution >= 4 is 39.5 Å². The summed E-state index contributed by atoms with van der Waals surface area (Å²) < 4.78 is 68.2. The SMILES string of the molecule is CCCCCCCCCCCCCCCCCC(=O)OC[C@H](COP(=O)(O)OC[C@@H](O)COP(=O)(O)OC[C@@H](COC(=O)CCCCCCCCC)OC(=O)CCCCCCCCCCCCCC)OC(=O)CCCCCCCCCCCCCCCCC. The quantitative estimate of drug-likeness (QED) is 0.0222. The molecule has 0 aromatic heterocycles. The van der Waals surface area contributed by atoms with Crippen LogP contribution < -0.4 is 0 Å². The first kappa shape index (κ1) is 87.1. The van der Waals surface area contributed by atoms with E-state index in [0.717, 1.165) is 103 Å². The molecular weight excluding hydrogens is 1170 g/mol. The Labute approximate surface area is 543 Å². The first-order valence-electron chi connectivity index (χ1n) is 36.8. The topological polar surface area (TPSA) is 237 Å². The molecule has 528 valence electrons. The van der Waals surface area contributed by atoms with E-state index >= 15 is 0 Å². The molecule has 0 saturated carbocycles. The van der Waals surface area contributed by atoms with Gasteiger partial charge in [0.15, 0.2) is 12.2 Å². The maximum atomic E-state index is 13.0. The van der Waals surface area contributed by atoms with E-state index in [2.05, 4.69) is 27.7 Å². The normalized spacial score (nSPS) is 14.0. The maximum absolute atomic E-state index is 13.0. The van der Waals surface area contributed by atoms with Crippen molar-refractivity contribution in [3.8, 4) is 0 Å². The molecular formula is C70H136O17P2. The average molecular weight is 1310 g/mol. The van der Waals surface area contributed by atoms with Crippen molar-refractivity contribution < 1.29 is 80.2 Å². The number of carbonyl (C=O) groups is 4. The van der Waals surface area contributed by atoms with Crippen LogP contribution in [0.25, 0.3) is 0 Å². The highest BCUT2D eigenvalue weighted by Gasteiger charge is 2.30. The van der Waals surface area contributed by atoms with Gasteiger partial charge < -0.3 is 33.8 Å². The lowest BCUT2D eigenvalue weighted by Gasteiger charge is -2.21. The Hall–Kier alpha value is -1.94. The minimum atomic E-state index is -4.95. The van der Waals surface area contributed by atoms with E-state index in [9.17, 15) is 43.2 Å². The molecule has 0 rings (SSSR count). The molecule has 3 N–H and O–H groups in total. The van der Waals surface area contributed by atoms with Gasteiger partial charge in [-0.15, -0.1) is 0 Å². The summed E-state index contributed by atoms with van der Waals surface area (Å²) in [6.45, 7) is 4.91. The lowest BCUT2D eigenvalue weighted by atomic mass is 10.0. The van der Waals surface area contributed by atoms with Gasteiger partial charge in [0.25, 0.3) is 0 Å². The van der Waals surface area contributed by atoms with Crippen molar-refractivity contribution in [1.29, 1.82) is 0 Å². The van der Waals surface area contributed by atoms with Gasteiger partial charge in [0.1, 0.15) is 19.3 Å². The maximum Gasteiger partial charge on any atom is 0.472 e.